The number of hydrogen-bond acceptors (Lipinski definition) is 11. The first-order valence-electron chi connectivity index (χ1n) is 7.43. The van der Waals surface area contributed by atoms with E-state index in [9.17, 15) is 35.1 Å². The molecular weight excluding hydrogens is 398 g/mol. The molecular formula is C15H7N3O11. The minimum atomic E-state index is -1.42. The van der Waals surface area contributed by atoms with Crippen LogP contribution in [0.1, 0.15) is 0 Å². The van der Waals surface area contributed by atoms with Gasteiger partial charge in [-0.1, -0.05) is 30.3 Å². The first-order valence-corrected chi connectivity index (χ1v) is 7.43. The first kappa shape index (κ1) is 19.0. The van der Waals surface area contributed by atoms with Gasteiger partial charge in [0.2, 0.25) is 0 Å². The summed E-state index contributed by atoms with van der Waals surface area (Å²) in [6.07, 6.45) is 0. The minimum absolute atomic E-state index is 0.0187. The molecule has 0 fully saturated rings. The van der Waals surface area contributed by atoms with E-state index < -0.39 is 48.9 Å². The number of fused-ring (bicyclic) bond motifs is 1. The number of nitrogens with zero attached hydrogens (tertiary/aromatic N) is 3. The summed E-state index contributed by atoms with van der Waals surface area (Å²) < 4.78 is 5.50. The number of hydrogen-bond donors (Lipinski definition) is 0. The fourth-order valence-electron chi connectivity index (χ4n) is 2.46. The molecule has 29 heavy (non-hydrogen) atoms. The van der Waals surface area contributed by atoms with Crippen LogP contribution in [0.4, 0.5) is 0 Å². The molecule has 0 unspecified atom stereocenters. The van der Waals surface area contributed by atoms with Gasteiger partial charge in [0, 0.05) is 17.7 Å². The van der Waals surface area contributed by atoms with E-state index in [2.05, 4.69) is 14.5 Å². The summed E-state index contributed by atoms with van der Waals surface area (Å²) in [5.74, 6) is -3.18. The third kappa shape index (κ3) is 4.00. The third-order valence-corrected chi connectivity index (χ3v) is 3.46. The van der Waals surface area contributed by atoms with Crippen molar-refractivity contribution in [2.75, 3.05) is 0 Å². The van der Waals surface area contributed by atoms with Crippen molar-refractivity contribution in [3.63, 3.8) is 0 Å². The van der Waals surface area contributed by atoms with Crippen LogP contribution in [-0.2, 0) is 0 Å². The van der Waals surface area contributed by atoms with E-state index in [4.69, 9.17) is 4.42 Å². The molecule has 14 heteroatoms. The summed E-state index contributed by atoms with van der Waals surface area (Å²) in [7, 11) is 0. The van der Waals surface area contributed by atoms with Crippen molar-refractivity contribution < 1.29 is 34.2 Å². The van der Waals surface area contributed by atoms with E-state index >= 15 is 0 Å². The highest BCUT2D eigenvalue weighted by atomic mass is 17.0. The molecule has 0 saturated carbocycles. The van der Waals surface area contributed by atoms with Gasteiger partial charge in [0.25, 0.3) is 15.3 Å². The Labute approximate surface area is 157 Å². The average Bonchev–Trinajstić information content (AvgIpc) is 2.63. The molecule has 3 aromatic rings. The summed E-state index contributed by atoms with van der Waals surface area (Å²) >= 11 is 0. The summed E-state index contributed by atoms with van der Waals surface area (Å²) in [4.78, 5) is 57.4. The van der Waals surface area contributed by atoms with Crippen molar-refractivity contribution in [1.29, 1.82) is 0 Å². The normalized spacial score (nSPS) is 10.3. The Morgan fingerprint density at radius 3 is 1.97 bits per heavy atom. The standard InChI is InChI=1S/C15H7N3O11/c19-9-6-10(8-4-2-1-3-5-8)26-11-7-12(27-16(20)21)14(28-17(22)23)15(13(9)11)29-18(24)25/h1-7H. The molecule has 0 atom stereocenters. The van der Waals surface area contributed by atoms with Crippen molar-refractivity contribution in [3.8, 4) is 28.6 Å². The van der Waals surface area contributed by atoms with Gasteiger partial charge in [0.05, 0.1) is 5.39 Å². The summed E-state index contributed by atoms with van der Waals surface area (Å²) in [6.45, 7) is 0. The average molecular weight is 405 g/mol. The highest BCUT2D eigenvalue weighted by Gasteiger charge is 2.26. The van der Waals surface area contributed by atoms with Crippen molar-refractivity contribution in [2.45, 2.75) is 0 Å². The Bertz CT molecular complexity index is 1190. The summed E-state index contributed by atoms with van der Waals surface area (Å²) in [6, 6.07) is 9.91. The van der Waals surface area contributed by atoms with Crippen LogP contribution in [0.25, 0.3) is 22.3 Å². The predicted octanol–water partition coefficient (Wildman–Crippen LogP) is 2.17. The van der Waals surface area contributed by atoms with Gasteiger partial charge in [-0.2, -0.15) is 0 Å². The van der Waals surface area contributed by atoms with Crippen LogP contribution in [0.15, 0.2) is 51.7 Å². The molecule has 0 aliphatic rings. The van der Waals surface area contributed by atoms with Crippen LogP contribution in [0.2, 0.25) is 0 Å². The zero-order valence-electron chi connectivity index (χ0n) is 13.9. The lowest BCUT2D eigenvalue weighted by molar-refractivity contribution is -0.727. The van der Waals surface area contributed by atoms with Gasteiger partial charge in [-0.15, -0.1) is 30.3 Å². The fraction of sp³-hybridized carbons (Fsp3) is 0. The fourth-order valence-corrected chi connectivity index (χ4v) is 2.46. The van der Waals surface area contributed by atoms with Crippen molar-refractivity contribution >= 4 is 11.0 Å². The second kappa shape index (κ2) is 7.47. The van der Waals surface area contributed by atoms with E-state index in [1.165, 1.54) is 0 Å². The molecule has 0 radical (unpaired) electrons. The van der Waals surface area contributed by atoms with Crippen molar-refractivity contribution in [2.24, 2.45) is 0 Å². The largest absolute Gasteiger partial charge is 0.456 e. The maximum absolute atomic E-state index is 12.6. The predicted molar refractivity (Wildman–Crippen MR) is 90.8 cm³/mol. The Balaban J connectivity index is 2.37. The van der Waals surface area contributed by atoms with Crippen LogP contribution in [0.5, 0.6) is 17.2 Å². The zero-order valence-corrected chi connectivity index (χ0v) is 13.9. The smallest absolute Gasteiger partial charge is 0.299 e. The lowest BCUT2D eigenvalue weighted by Crippen LogP contribution is -2.14. The topological polar surface area (TPSA) is 187 Å². The lowest BCUT2D eigenvalue weighted by Gasteiger charge is -2.13. The molecule has 0 aliphatic carbocycles. The molecule has 1 heterocycles. The highest BCUT2D eigenvalue weighted by molar-refractivity contribution is 5.89. The number of rotatable bonds is 7. The molecule has 0 saturated heterocycles. The molecule has 14 nitrogen and oxygen atoms in total. The van der Waals surface area contributed by atoms with E-state index in [1.54, 1.807) is 30.3 Å². The van der Waals surface area contributed by atoms with Crippen LogP contribution in [0, 0.1) is 30.3 Å². The van der Waals surface area contributed by atoms with Gasteiger partial charge >= 0.3 is 0 Å². The molecule has 1 aromatic heterocycles. The Hall–Kier alpha value is -4.75. The van der Waals surface area contributed by atoms with E-state index in [-0.39, 0.29) is 5.76 Å². The molecule has 0 amide bonds. The van der Waals surface area contributed by atoms with Crippen LogP contribution in [-0.4, -0.2) is 15.3 Å². The lowest BCUT2D eigenvalue weighted by atomic mass is 10.1. The van der Waals surface area contributed by atoms with Crippen molar-refractivity contribution in [3.05, 3.63) is 83.0 Å². The van der Waals surface area contributed by atoms with E-state index in [1.807, 2.05) is 0 Å². The third-order valence-electron chi connectivity index (χ3n) is 3.46. The van der Waals surface area contributed by atoms with Crippen LogP contribution in [0.3, 0.4) is 0 Å². The molecule has 0 bridgehead atoms. The Kier molecular flexibility index (Phi) is 4.90. The monoisotopic (exact) mass is 405 g/mol. The maximum Gasteiger partial charge on any atom is 0.299 e. The summed E-state index contributed by atoms with van der Waals surface area (Å²) in [5.41, 5.74) is -0.867. The second-order valence-electron chi connectivity index (χ2n) is 5.19. The minimum Gasteiger partial charge on any atom is -0.456 e. The van der Waals surface area contributed by atoms with Crippen LogP contribution >= 0.6 is 0 Å². The first-order chi connectivity index (χ1) is 13.8. The van der Waals surface area contributed by atoms with Gasteiger partial charge < -0.3 is 4.42 Å². The molecule has 3 rings (SSSR count). The van der Waals surface area contributed by atoms with Gasteiger partial charge in [-0.3, -0.25) is 19.3 Å². The molecule has 0 aliphatic heterocycles. The zero-order chi connectivity index (χ0) is 21.1. The summed E-state index contributed by atoms with van der Waals surface area (Å²) in [5, 5.41) is 27.5. The highest BCUT2D eigenvalue weighted by Crippen LogP contribution is 2.43. The Morgan fingerprint density at radius 1 is 0.793 bits per heavy atom. The SMILES string of the molecule is O=c1cc(-c2ccccc2)oc2cc(O[N+](=O)[O-])c(O[N+](=O)[O-])c(O[N+](=O)[O-])c12. The Morgan fingerprint density at radius 2 is 1.38 bits per heavy atom. The van der Waals surface area contributed by atoms with Gasteiger partial charge in [0.15, 0.2) is 22.7 Å². The van der Waals surface area contributed by atoms with E-state index in [0.717, 1.165) is 12.1 Å². The van der Waals surface area contributed by atoms with Gasteiger partial charge in [-0.05, 0) is 0 Å². The quantitative estimate of drug-likeness (QED) is 0.414. The molecule has 0 spiro atoms. The van der Waals surface area contributed by atoms with Gasteiger partial charge in [-0.25, -0.2) is 0 Å². The molecule has 2 aromatic carbocycles. The van der Waals surface area contributed by atoms with Crippen molar-refractivity contribution in [1.82, 2.24) is 0 Å². The molecule has 0 N–H and O–H groups in total. The number of benzene rings is 2. The maximum atomic E-state index is 12.6. The van der Waals surface area contributed by atoms with Crippen LogP contribution < -0.4 is 19.9 Å². The van der Waals surface area contributed by atoms with E-state index in [0.29, 0.717) is 5.56 Å². The second-order valence-corrected chi connectivity index (χ2v) is 5.19. The molecule has 148 valence electrons. The van der Waals surface area contributed by atoms with Gasteiger partial charge in [0.1, 0.15) is 11.3 Å².